The van der Waals surface area contributed by atoms with E-state index >= 15 is 0 Å². The summed E-state index contributed by atoms with van der Waals surface area (Å²) in [5.41, 5.74) is 3.81. The molecule has 0 saturated carbocycles. The van der Waals surface area contributed by atoms with E-state index in [0.717, 1.165) is 23.2 Å². The zero-order valence-electron chi connectivity index (χ0n) is 12.8. The zero-order chi connectivity index (χ0) is 15.2. The van der Waals surface area contributed by atoms with Crippen LogP contribution >= 0.6 is 15.9 Å². The van der Waals surface area contributed by atoms with Crippen LogP contribution in [0.25, 0.3) is 0 Å². The van der Waals surface area contributed by atoms with Crippen molar-refractivity contribution in [2.75, 3.05) is 13.7 Å². The van der Waals surface area contributed by atoms with E-state index in [9.17, 15) is 0 Å². The second-order valence-corrected chi connectivity index (χ2v) is 6.06. The number of ether oxygens (including phenoxy) is 1. The molecule has 0 aliphatic carbocycles. The summed E-state index contributed by atoms with van der Waals surface area (Å²) in [6.45, 7) is 5.02. The fourth-order valence-corrected chi connectivity index (χ4v) is 2.92. The molecule has 2 nitrogen and oxygen atoms in total. The lowest BCUT2D eigenvalue weighted by Crippen LogP contribution is -2.18. The van der Waals surface area contributed by atoms with E-state index in [-0.39, 0.29) is 6.04 Å². The monoisotopic (exact) mass is 347 g/mol. The van der Waals surface area contributed by atoms with Crippen molar-refractivity contribution < 1.29 is 4.74 Å². The molecule has 112 valence electrons. The summed E-state index contributed by atoms with van der Waals surface area (Å²) in [5.74, 6) is 0.933. The van der Waals surface area contributed by atoms with Crippen molar-refractivity contribution >= 4 is 15.9 Å². The first-order valence-corrected chi connectivity index (χ1v) is 8.11. The van der Waals surface area contributed by atoms with Gasteiger partial charge in [0.15, 0.2) is 0 Å². The Morgan fingerprint density at radius 3 is 2.43 bits per heavy atom. The topological polar surface area (TPSA) is 21.3 Å². The Balaban J connectivity index is 2.24. The zero-order valence-corrected chi connectivity index (χ0v) is 14.4. The SMILES string of the molecule is CCCOc1ccc(C(NC)c2ccc(Br)cc2C)cc1. The number of aryl methyl sites for hydroxylation is 1. The second-order valence-electron chi connectivity index (χ2n) is 5.14. The summed E-state index contributed by atoms with van der Waals surface area (Å²) in [5, 5.41) is 3.40. The van der Waals surface area contributed by atoms with Crippen LogP contribution in [0.2, 0.25) is 0 Å². The number of hydrogen-bond donors (Lipinski definition) is 1. The van der Waals surface area contributed by atoms with Crippen LogP contribution in [0.5, 0.6) is 5.75 Å². The smallest absolute Gasteiger partial charge is 0.119 e. The van der Waals surface area contributed by atoms with Crippen LogP contribution in [0.15, 0.2) is 46.9 Å². The van der Waals surface area contributed by atoms with Crippen LogP contribution in [0.1, 0.15) is 36.1 Å². The van der Waals surface area contributed by atoms with Gasteiger partial charge in [-0.1, -0.05) is 41.1 Å². The number of halogens is 1. The lowest BCUT2D eigenvalue weighted by Gasteiger charge is -2.20. The predicted molar refractivity (Wildman–Crippen MR) is 92.0 cm³/mol. The summed E-state index contributed by atoms with van der Waals surface area (Å²) in [7, 11) is 1.99. The van der Waals surface area contributed by atoms with Crippen LogP contribution in [0.3, 0.4) is 0 Å². The molecule has 0 aliphatic heterocycles. The molecule has 0 aliphatic rings. The first-order chi connectivity index (χ1) is 10.2. The third-order valence-electron chi connectivity index (χ3n) is 3.52. The Morgan fingerprint density at radius 2 is 1.86 bits per heavy atom. The Bertz CT molecular complexity index is 580. The molecule has 1 atom stereocenters. The van der Waals surface area contributed by atoms with Crippen molar-refractivity contribution in [2.24, 2.45) is 0 Å². The molecule has 0 radical (unpaired) electrons. The molecule has 21 heavy (non-hydrogen) atoms. The number of hydrogen-bond acceptors (Lipinski definition) is 2. The average Bonchev–Trinajstić information content (AvgIpc) is 2.49. The highest BCUT2D eigenvalue weighted by molar-refractivity contribution is 9.10. The van der Waals surface area contributed by atoms with Crippen molar-refractivity contribution in [1.29, 1.82) is 0 Å². The minimum absolute atomic E-state index is 0.193. The van der Waals surface area contributed by atoms with Gasteiger partial charge in [-0.05, 0) is 61.3 Å². The minimum Gasteiger partial charge on any atom is -0.494 e. The molecule has 2 aromatic carbocycles. The van der Waals surface area contributed by atoms with Gasteiger partial charge in [0, 0.05) is 4.47 Å². The lowest BCUT2D eigenvalue weighted by atomic mass is 9.95. The van der Waals surface area contributed by atoms with Crippen LogP contribution in [0, 0.1) is 6.92 Å². The molecule has 0 fully saturated rings. The molecule has 3 heteroatoms. The van der Waals surface area contributed by atoms with E-state index in [1.807, 2.05) is 19.2 Å². The van der Waals surface area contributed by atoms with E-state index in [4.69, 9.17) is 4.74 Å². The number of rotatable bonds is 6. The molecule has 0 bridgehead atoms. The van der Waals surface area contributed by atoms with Crippen LogP contribution in [0.4, 0.5) is 0 Å². The average molecular weight is 348 g/mol. The van der Waals surface area contributed by atoms with Gasteiger partial charge in [-0.15, -0.1) is 0 Å². The molecule has 0 heterocycles. The summed E-state index contributed by atoms with van der Waals surface area (Å²) in [6, 6.07) is 15.0. The van der Waals surface area contributed by atoms with Gasteiger partial charge in [-0.2, -0.15) is 0 Å². The predicted octanol–water partition coefficient (Wildman–Crippen LogP) is 4.86. The highest BCUT2D eigenvalue weighted by atomic mass is 79.9. The van der Waals surface area contributed by atoms with Gasteiger partial charge in [0.25, 0.3) is 0 Å². The Kier molecular flexibility index (Phi) is 5.83. The molecule has 1 unspecified atom stereocenters. The maximum atomic E-state index is 5.64. The quantitative estimate of drug-likeness (QED) is 0.805. The minimum atomic E-state index is 0.193. The second kappa shape index (κ2) is 7.62. The standard InChI is InChI=1S/C18H22BrNO/c1-4-11-21-16-8-5-14(6-9-16)18(20-3)17-10-7-15(19)12-13(17)2/h5-10,12,18,20H,4,11H2,1-3H3. The Hall–Kier alpha value is -1.32. The third kappa shape index (κ3) is 4.08. The van der Waals surface area contributed by atoms with Gasteiger partial charge in [-0.3, -0.25) is 0 Å². The molecule has 0 aromatic heterocycles. The summed E-state index contributed by atoms with van der Waals surface area (Å²) < 4.78 is 6.75. The summed E-state index contributed by atoms with van der Waals surface area (Å²) >= 11 is 3.52. The highest BCUT2D eigenvalue weighted by Crippen LogP contribution is 2.28. The fourth-order valence-electron chi connectivity index (χ4n) is 2.44. The lowest BCUT2D eigenvalue weighted by molar-refractivity contribution is 0.317. The van der Waals surface area contributed by atoms with E-state index in [2.05, 4.69) is 65.4 Å². The van der Waals surface area contributed by atoms with E-state index in [1.165, 1.54) is 16.7 Å². The number of benzene rings is 2. The van der Waals surface area contributed by atoms with Gasteiger partial charge < -0.3 is 10.1 Å². The van der Waals surface area contributed by atoms with Gasteiger partial charge in [0.2, 0.25) is 0 Å². The number of nitrogens with one attached hydrogen (secondary N) is 1. The molecule has 1 N–H and O–H groups in total. The van der Waals surface area contributed by atoms with E-state index in [1.54, 1.807) is 0 Å². The Labute approximate surface area is 135 Å². The molecule has 0 spiro atoms. The van der Waals surface area contributed by atoms with Gasteiger partial charge in [0.1, 0.15) is 5.75 Å². The van der Waals surface area contributed by atoms with Gasteiger partial charge in [0.05, 0.1) is 12.6 Å². The summed E-state index contributed by atoms with van der Waals surface area (Å²) in [4.78, 5) is 0. The van der Waals surface area contributed by atoms with Gasteiger partial charge >= 0.3 is 0 Å². The first-order valence-electron chi connectivity index (χ1n) is 7.31. The maximum Gasteiger partial charge on any atom is 0.119 e. The fraction of sp³-hybridized carbons (Fsp3) is 0.333. The van der Waals surface area contributed by atoms with Crippen molar-refractivity contribution in [1.82, 2.24) is 5.32 Å². The molecule has 2 aromatic rings. The van der Waals surface area contributed by atoms with Crippen LogP contribution in [-0.2, 0) is 0 Å². The Morgan fingerprint density at radius 1 is 1.14 bits per heavy atom. The van der Waals surface area contributed by atoms with Crippen LogP contribution in [-0.4, -0.2) is 13.7 Å². The largest absolute Gasteiger partial charge is 0.494 e. The van der Waals surface area contributed by atoms with Gasteiger partial charge in [-0.25, -0.2) is 0 Å². The molecular formula is C18H22BrNO. The van der Waals surface area contributed by atoms with Crippen molar-refractivity contribution in [3.8, 4) is 5.75 Å². The molecule has 2 rings (SSSR count). The summed E-state index contributed by atoms with van der Waals surface area (Å²) in [6.07, 6.45) is 1.03. The highest BCUT2D eigenvalue weighted by Gasteiger charge is 2.14. The molecular weight excluding hydrogens is 326 g/mol. The van der Waals surface area contributed by atoms with Crippen molar-refractivity contribution in [3.63, 3.8) is 0 Å². The molecule has 0 saturated heterocycles. The maximum absolute atomic E-state index is 5.64. The van der Waals surface area contributed by atoms with Crippen molar-refractivity contribution in [2.45, 2.75) is 26.3 Å². The van der Waals surface area contributed by atoms with E-state index < -0.39 is 0 Å². The first kappa shape index (κ1) is 16.1. The third-order valence-corrected chi connectivity index (χ3v) is 4.01. The normalized spacial score (nSPS) is 12.2. The van der Waals surface area contributed by atoms with E-state index in [0.29, 0.717) is 0 Å². The van der Waals surface area contributed by atoms with Crippen molar-refractivity contribution in [3.05, 3.63) is 63.6 Å². The molecule has 0 amide bonds. The van der Waals surface area contributed by atoms with Crippen LogP contribution < -0.4 is 10.1 Å².